The van der Waals surface area contributed by atoms with Crippen molar-refractivity contribution >= 4 is 0 Å². The molecule has 1 aliphatic heterocycles. The summed E-state index contributed by atoms with van der Waals surface area (Å²) in [4.78, 5) is 2.37. The van der Waals surface area contributed by atoms with Crippen molar-refractivity contribution < 1.29 is 8.78 Å². The zero-order chi connectivity index (χ0) is 14.6. The molecule has 2 nitrogen and oxygen atoms in total. The van der Waals surface area contributed by atoms with Gasteiger partial charge in [-0.05, 0) is 44.0 Å². The second-order valence-corrected chi connectivity index (χ2v) is 6.26. The summed E-state index contributed by atoms with van der Waals surface area (Å²) >= 11 is 0. The molecule has 0 radical (unpaired) electrons. The summed E-state index contributed by atoms with van der Waals surface area (Å²) in [5, 5.41) is 3.47. The molecule has 0 aliphatic carbocycles. The molecule has 1 heterocycles. The fourth-order valence-electron chi connectivity index (χ4n) is 2.62. The first-order chi connectivity index (χ1) is 9.48. The first-order valence-corrected chi connectivity index (χ1v) is 7.25. The van der Waals surface area contributed by atoms with Gasteiger partial charge in [0.05, 0.1) is 0 Å². The second-order valence-electron chi connectivity index (χ2n) is 6.26. The first-order valence-electron chi connectivity index (χ1n) is 7.25. The number of nitrogens with zero attached hydrogens (tertiary/aromatic N) is 1. The van der Waals surface area contributed by atoms with Gasteiger partial charge in [0, 0.05) is 18.7 Å². The van der Waals surface area contributed by atoms with E-state index in [1.807, 2.05) is 0 Å². The van der Waals surface area contributed by atoms with Crippen molar-refractivity contribution in [3.8, 4) is 0 Å². The number of nitrogens with one attached hydrogen (secondary N) is 1. The average molecular weight is 282 g/mol. The minimum Gasteiger partial charge on any atom is -0.312 e. The molecule has 20 heavy (non-hydrogen) atoms. The van der Waals surface area contributed by atoms with Crippen LogP contribution in [0.1, 0.15) is 37.3 Å². The Hall–Kier alpha value is -1.00. The molecule has 0 saturated carbocycles. The first kappa shape index (κ1) is 15.4. The molecule has 0 atom stereocenters. The summed E-state index contributed by atoms with van der Waals surface area (Å²) in [5.74, 6) is 0. The van der Waals surface area contributed by atoms with E-state index in [-0.39, 0.29) is 5.56 Å². The van der Waals surface area contributed by atoms with E-state index in [0.29, 0.717) is 5.41 Å². The van der Waals surface area contributed by atoms with E-state index >= 15 is 0 Å². The Balaban J connectivity index is 1.78. The molecule has 0 spiro atoms. The number of hydrogen-bond acceptors (Lipinski definition) is 2. The minimum atomic E-state index is -2.38. The third-order valence-corrected chi connectivity index (χ3v) is 4.31. The molecule has 4 heteroatoms. The third-order valence-electron chi connectivity index (χ3n) is 4.31. The smallest absolute Gasteiger partial charge is 0.263 e. The number of piperidine rings is 1. The highest BCUT2D eigenvalue weighted by atomic mass is 19.3. The van der Waals surface area contributed by atoms with Crippen molar-refractivity contribution in [3.63, 3.8) is 0 Å². The summed E-state index contributed by atoms with van der Waals surface area (Å²) in [6.45, 7) is 6.36. The highest BCUT2D eigenvalue weighted by Crippen LogP contribution is 2.29. The zero-order valence-corrected chi connectivity index (χ0v) is 12.3. The molecule has 0 bridgehead atoms. The van der Waals surface area contributed by atoms with Gasteiger partial charge in [0.2, 0.25) is 0 Å². The Bertz CT molecular complexity index is 409. The number of benzene rings is 1. The van der Waals surface area contributed by atoms with Crippen molar-refractivity contribution in [3.05, 3.63) is 35.4 Å². The van der Waals surface area contributed by atoms with Crippen molar-refractivity contribution in [2.75, 3.05) is 26.7 Å². The Kier molecular flexibility index (Phi) is 5.11. The number of halogens is 2. The lowest BCUT2D eigenvalue weighted by Crippen LogP contribution is -2.41. The number of likely N-dealkylation sites (tertiary alicyclic amines) is 1. The predicted molar refractivity (Wildman–Crippen MR) is 77.9 cm³/mol. The largest absolute Gasteiger partial charge is 0.312 e. The normalized spacial score (nSPS) is 19.4. The van der Waals surface area contributed by atoms with Gasteiger partial charge in [-0.15, -0.1) is 0 Å². The molecule has 0 amide bonds. The van der Waals surface area contributed by atoms with Crippen LogP contribution in [0.3, 0.4) is 0 Å². The van der Waals surface area contributed by atoms with E-state index in [9.17, 15) is 8.78 Å². The van der Waals surface area contributed by atoms with Gasteiger partial charge in [-0.2, -0.15) is 0 Å². The molecule has 2 rings (SSSR count). The van der Waals surface area contributed by atoms with E-state index in [0.717, 1.165) is 31.7 Å². The molecule has 1 saturated heterocycles. The van der Waals surface area contributed by atoms with Crippen LogP contribution in [-0.2, 0) is 6.54 Å². The monoisotopic (exact) mass is 282 g/mol. The van der Waals surface area contributed by atoms with Crippen molar-refractivity contribution in [2.24, 2.45) is 5.41 Å². The maximum atomic E-state index is 12.5. The van der Waals surface area contributed by atoms with Gasteiger partial charge >= 0.3 is 0 Å². The maximum absolute atomic E-state index is 12.5. The van der Waals surface area contributed by atoms with E-state index in [1.165, 1.54) is 25.0 Å². The van der Waals surface area contributed by atoms with Gasteiger partial charge in [-0.1, -0.05) is 31.2 Å². The highest BCUT2D eigenvalue weighted by Gasteiger charge is 2.28. The van der Waals surface area contributed by atoms with Crippen LogP contribution in [0.5, 0.6) is 0 Å². The van der Waals surface area contributed by atoms with Gasteiger partial charge < -0.3 is 10.2 Å². The lowest BCUT2D eigenvalue weighted by Gasteiger charge is -2.38. The molecule has 0 aromatic heterocycles. The summed E-state index contributed by atoms with van der Waals surface area (Å²) in [6, 6.07) is 6.59. The Labute approximate surface area is 120 Å². The maximum Gasteiger partial charge on any atom is 0.263 e. The molecule has 1 aromatic rings. The molecule has 1 fully saturated rings. The average Bonchev–Trinajstić information content (AvgIpc) is 2.43. The van der Waals surface area contributed by atoms with Gasteiger partial charge in [0.1, 0.15) is 0 Å². The lowest BCUT2D eigenvalue weighted by atomic mass is 9.80. The van der Waals surface area contributed by atoms with Crippen LogP contribution in [0.4, 0.5) is 8.78 Å². The van der Waals surface area contributed by atoms with Gasteiger partial charge in [-0.25, -0.2) is 8.78 Å². The molecular weight excluding hydrogens is 258 g/mol. The van der Waals surface area contributed by atoms with Crippen molar-refractivity contribution in [1.82, 2.24) is 10.2 Å². The summed E-state index contributed by atoms with van der Waals surface area (Å²) < 4.78 is 24.9. The van der Waals surface area contributed by atoms with Gasteiger partial charge in [-0.3, -0.25) is 0 Å². The van der Waals surface area contributed by atoms with E-state index < -0.39 is 6.43 Å². The fourth-order valence-corrected chi connectivity index (χ4v) is 2.62. The Morgan fingerprint density at radius 1 is 1.20 bits per heavy atom. The SMILES string of the molecule is CN1CCC(C)(CNCc2ccc(C(F)F)cc2)CC1. The van der Waals surface area contributed by atoms with E-state index in [1.54, 1.807) is 12.1 Å². The topological polar surface area (TPSA) is 15.3 Å². The number of alkyl halides is 2. The molecule has 1 aromatic carbocycles. The molecular formula is C16H24F2N2. The van der Waals surface area contributed by atoms with Crippen LogP contribution in [-0.4, -0.2) is 31.6 Å². The predicted octanol–water partition coefficient (Wildman–Crippen LogP) is 3.45. The summed E-state index contributed by atoms with van der Waals surface area (Å²) in [5.41, 5.74) is 1.51. The van der Waals surface area contributed by atoms with Crippen LogP contribution in [0.15, 0.2) is 24.3 Å². The van der Waals surface area contributed by atoms with Crippen LogP contribution in [0, 0.1) is 5.41 Å². The fraction of sp³-hybridized carbons (Fsp3) is 0.625. The zero-order valence-electron chi connectivity index (χ0n) is 12.3. The minimum absolute atomic E-state index is 0.0935. The summed E-state index contributed by atoms with van der Waals surface area (Å²) in [6.07, 6.45) is 0.0388. The number of hydrogen-bond donors (Lipinski definition) is 1. The van der Waals surface area contributed by atoms with Crippen LogP contribution < -0.4 is 5.32 Å². The highest BCUT2D eigenvalue weighted by molar-refractivity contribution is 5.23. The lowest BCUT2D eigenvalue weighted by molar-refractivity contribution is 0.137. The van der Waals surface area contributed by atoms with Gasteiger partial charge in [0.25, 0.3) is 6.43 Å². The van der Waals surface area contributed by atoms with Crippen LogP contribution in [0.2, 0.25) is 0 Å². The second kappa shape index (κ2) is 6.64. The number of rotatable bonds is 5. The quantitative estimate of drug-likeness (QED) is 0.890. The van der Waals surface area contributed by atoms with E-state index in [4.69, 9.17) is 0 Å². The standard InChI is InChI=1S/C16H24F2N2/c1-16(7-9-20(2)10-8-16)12-19-11-13-3-5-14(6-4-13)15(17)18/h3-6,15,19H,7-12H2,1-2H3. The summed E-state index contributed by atoms with van der Waals surface area (Å²) in [7, 11) is 2.16. The van der Waals surface area contributed by atoms with E-state index in [2.05, 4.69) is 24.2 Å². The van der Waals surface area contributed by atoms with Crippen LogP contribution in [0.25, 0.3) is 0 Å². The Morgan fingerprint density at radius 3 is 2.35 bits per heavy atom. The molecule has 0 unspecified atom stereocenters. The van der Waals surface area contributed by atoms with Crippen LogP contribution >= 0.6 is 0 Å². The Morgan fingerprint density at radius 2 is 1.80 bits per heavy atom. The molecule has 112 valence electrons. The van der Waals surface area contributed by atoms with Gasteiger partial charge in [0.15, 0.2) is 0 Å². The third kappa shape index (κ3) is 4.25. The van der Waals surface area contributed by atoms with Crippen molar-refractivity contribution in [2.45, 2.75) is 32.7 Å². The van der Waals surface area contributed by atoms with Crippen molar-refractivity contribution in [1.29, 1.82) is 0 Å². The molecule has 1 aliphatic rings. The molecule has 1 N–H and O–H groups in total.